The van der Waals surface area contributed by atoms with E-state index in [0.717, 1.165) is 33.2 Å². The third-order valence-electron chi connectivity index (χ3n) is 5.58. The van der Waals surface area contributed by atoms with E-state index in [2.05, 4.69) is 20.7 Å². The number of aryl methyl sites for hydroxylation is 1. The molecular formula is C28H22ClN5OS. The van der Waals surface area contributed by atoms with E-state index in [1.807, 2.05) is 102 Å². The third kappa shape index (κ3) is 5.32. The maximum Gasteiger partial charge on any atom is 0.250 e. The van der Waals surface area contributed by atoms with Crippen molar-refractivity contribution in [2.45, 2.75) is 12.1 Å². The van der Waals surface area contributed by atoms with Crippen LogP contribution in [0.2, 0.25) is 5.02 Å². The number of aromatic nitrogens is 3. The summed E-state index contributed by atoms with van der Waals surface area (Å²) in [5.41, 5.74) is 6.49. The number of hydrogen-bond acceptors (Lipinski definition) is 5. The van der Waals surface area contributed by atoms with Gasteiger partial charge in [0, 0.05) is 21.8 Å². The fraction of sp³-hybridized carbons (Fsp3) is 0.0714. The number of nitrogens with one attached hydrogen (secondary N) is 1. The Morgan fingerprint density at radius 3 is 2.53 bits per heavy atom. The van der Waals surface area contributed by atoms with Crippen molar-refractivity contribution in [3.8, 4) is 17.1 Å². The largest absolute Gasteiger partial charge is 0.272 e. The van der Waals surface area contributed by atoms with Gasteiger partial charge in [0.1, 0.15) is 0 Å². The molecule has 0 spiro atoms. The highest BCUT2D eigenvalue weighted by molar-refractivity contribution is 7.99. The summed E-state index contributed by atoms with van der Waals surface area (Å²) in [4.78, 5) is 12.6. The van der Waals surface area contributed by atoms with Gasteiger partial charge in [-0.15, -0.1) is 10.2 Å². The van der Waals surface area contributed by atoms with Crippen LogP contribution < -0.4 is 5.43 Å². The second-order valence-electron chi connectivity index (χ2n) is 8.13. The minimum atomic E-state index is -0.233. The van der Waals surface area contributed by atoms with Crippen molar-refractivity contribution in [1.82, 2.24) is 20.2 Å². The van der Waals surface area contributed by atoms with Crippen molar-refractivity contribution in [3.63, 3.8) is 0 Å². The van der Waals surface area contributed by atoms with E-state index < -0.39 is 0 Å². The van der Waals surface area contributed by atoms with E-state index in [9.17, 15) is 4.79 Å². The maximum absolute atomic E-state index is 12.6. The number of hydrogen-bond donors (Lipinski definition) is 1. The van der Waals surface area contributed by atoms with Crippen LogP contribution >= 0.6 is 23.4 Å². The van der Waals surface area contributed by atoms with Gasteiger partial charge in [0.25, 0.3) is 5.91 Å². The summed E-state index contributed by atoms with van der Waals surface area (Å²) >= 11 is 7.37. The number of rotatable bonds is 7. The predicted molar refractivity (Wildman–Crippen MR) is 147 cm³/mol. The molecule has 178 valence electrons. The molecule has 0 bridgehead atoms. The zero-order valence-electron chi connectivity index (χ0n) is 19.4. The molecule has 0 radical (unpaired) electrons. The third-order valence-corrected chi connectivity index (χ3v) is 6.76. The molecule has 0 aliphatic heterocycles. The zero-order chi connectivity index (χ0) is 24.9. The molecule has 0 aliphatic rings. The summed E-state index contributed by atoms with van der Waals surface area (Å²) in [6, 6.07) is 29.6. The summed E-state index contributed by atoms with van der Waals surface area (Å²) < 4.78 is 1.94. The summed E-state index contributed by atoms with van der Waals surface area (Å²) in [7, 11) is 0. The molecule has 1 N–H and O–H groups in total. The number of amides is 1. The Kier molecular flexibility index (Phi) is 7.11. The zero-order valence-corrected chi connectivity index (χ0v) is 21.0. The molecule has 4 aromatic carbocycles. The van der Waals surface area contributed by atoms with Gasteiger partial charge in [-0.1, -0.05) is 83.5 Å². The van der Waals surface area contributed by atoms with E-state index in [1.165, 1.54) is 11.8 Å². The first-order valence-electron chi connectivity index (χ1n) is 11.3. The first kappa shape index (κ1) is 23.8. The first-order valence-corrected chi connectivity index (χ1v) is 12.7. The van der Waals surface area contributed by atoms with Crippen molar-refractivity contribution < 1.29 is 4.79 Å². The molecule has 0 atom stereocenters. The molecule has 0 aliphatic carbocycles. The molecule has 5 aromatic rings. The summed E-state index contributed by atoms with van der Waals surface area (Å²) in [6.45, 7) is 2.04. The van der Waals surface area contributed by atoms with Gasteiger partial charge < -0.3 is 0 Å². The molecule has 0 saturated carbocycles. The number of thioether (sulfide) groups is 1. The van der Waals surface area contributed by atoms with Crippen molar-refractivity contribution in [2.24, 2.45) is 5.10 Å². The highest BCUT2D eigenvalue weighted by Gasteiger charge is 2.17. The number of halogens is 1. The maximum atomic E-state index is 12.6. The van der Waals surface area contributed by atoms with E-state index in [0.29, 0.717) is 16.0 Å². The van der Waals surface area contributed by atoms with Gasteiger partial charge in [-0.05, 0) is 54.1 Å². The molecule has 6 nitrogen and oxygen atoms in total. The SMILES string of the molecule is Cc1ccc(-n2c(SCC(=O)N/N=C/c3cccc4ccccc34)nnc2-c2ccc(Cl)cc2)cc1. The molecule has 1 aromatic heterocycles. The van der Waals surface area contributed by atoms with Crippen LogP contribution in [-0.2, 0) is 4.79 Å². The summed E-state index contributed by atoms with van der Waals surface area (Å²) in [6.07, 6.45) is 1.67. The van der Waals surface area contributed by atoms with Gasteiger partial charge >= 0.3 is 0 Å². The van der Waals surface area contributed by atoms with Gasteiger partial charge in [-0.3, -0.25) is 9.36 Å². The number of carbonyl (C=O) groups is 1. The highest BCUT2D eigenvalue weighted by Crippen LogP contribution is 2.29. The van der Waals surface area contributed by atoms with Crippen molar-refractivity contribution in [1.29, 1.82) is 0 Å². The number of benzene rings is 4. The Morgan fingerprint density at radius 2 is 1.72 bits per heavy atom. The Bertz CT molecular complexity index is 1540. The standard InChI is InChI=1S/C28H22ClN5OS/c1-19-9-15-24(16-10-19)34-27(21-11-13-23(29)14-12-21)32-33-28(34)36-18-26(35)31-30-17-22-7-4-6-20-5-2-3-8-25(20)22/h2-17H,18H2,1H3,(H,31,35)/b30-17+. The van der Waals surface area contributed by atoms with Crippen LogP contribution in [0.5, 0.6) is 0 Å². The molecule has 5 rings (SSSR count). The van der Waals surface area contributed by atoms with Gasteiger partial charge in [-0.2, -0.15) is 5.10 Å². The van der Waals surface area contributed by atoms with Gasteiger partial charge in [0.2, 0.25) is 0 Å². The Balaban J connectivity index is 1.33. The van der Waals surface area contributed by atoms with Gasteiger partial charge in [-0.25, -0.2) is 5.43 Å². The van der Waals surface area contributed by atoms with Crippen molar-refractivity contribution >= 4 is 46.3 Å². The fourth-order valence-corrected chi connectivity index (χ4v) is 4.65. The Hall–Kier alpha value is -3.94. The van der Waals surface area contributed by atoms with Gasteiger partial charge in [0.15, 0.2) is 11.0 Å². The van der Waals surface area contributed by atoms with Crippen LogP contribution in [0.15, 0.2) is 101 Å². The minimum Gasteiger partial charge on any atom is -0.272 e. The molecule has 1 heterocycles. The molecular weight excluding hydrogens is 490 g/mol. The molecule has 0 fully saturated rings. The van der Waals surface area contributed by atoms with E-state index in [-0.39, 0.29) is 11.7 Å². The smallest absolute Gasteiger partial charge is 0.250 e. The van der Waals surface area contributed by atoms with E-state index >= 15 is 0 Å². The average molecular weight is 512 g/mol. The van der Waals surface area contributed by atoms with Crippen LogP contribution in [0.1, 0.15) is 11.1 Å². The van der Waals surface area contributed by atoms with E-state index in [4.69, 9.17) is 11.6 Å². The molecule has 0 unspecified atom stereocenters. The number of fused-ring (bicyclic) bond motifs is 1. The average Bonchev–Trinajstić information content (AvgIpc) is 3.32. The predicted octanol–water partition coefficient (Wildman–Crippen LogP) is 6.29. The molecule has 0 saturated heterocycles. The topological polar surface area (TPSA) is 72.2 Å². The lowest BCUT2D eigenvalue weighted by atomic mass is 10.1. The summed E-state index contributed by atoms with van der Waals surface area (Å²) in [5.74, 6) is 0.577. The van der Waals surface area contributed by atoms with Gasteiger partial charge in [0.05, 0.1) is 12.0 Å². The van der Waals surface area contributed by atoms with E-state index in [1.54, 1.807) is 6.21 Å². The number of hydrazone groups is 1. The highest BCUT2D eigenvalue weighted by atomic mass is 35.5. The monoisotopic (exact) mass is 511 g/mol. The van der Waals surface area contributed by atoms with Crippen LogP contribution in [0.25, 0.3) is 27.8 Å². The number of carbonyl (C=O) groups excluding carboxylic acids is 1. The minimum absolute atomic E-state index is 0.136. The first-order chi connectivity index (χ1) is 17.6. The molecule has 8 heteroatoms. The second kappa shape index (κ2) is 10.8. The Labute approximate surface area is 218 Å². The lowest BCUT2D eigenvalue weighted by Crippen LogP contribution is -2.20. The number of nitrogens with zero attached hydrogens (tertiary/aromatic N) is 4. The van der Waals surface area contributed by atoms with Crippen LogP contribution in [0.3, 0.4) is 0 Å². The molecule has 36 heavy (non-hydrogen) atoms. The fourth-order valence-electron chi connectivity index (χ4n) is 3.78. The van der Waals surface area contributed by atoms with Crippen LogP contribution in [0, 0.1) is 6.92 Å². The Morgan fingerprint density at radius 1 is 0.972 bits per heavy atom. The van der Waals surface area contributed by atoms with Crippen molar-refractivity contribution in [2.75, 3.05) is 5.75 Å². The quantitative estimate of drug-likeness (QED) is 0.158. The lowest BCUT2D eigenvalue weighted by Gasteiger charge is -2.10. The normalized spacial score (nSPS) is 11.3. The second-order valence-corrected chi connectivity index (χ2v) is 9.51. The van der Waals surface area contributed by atoms with Crippen LogP contribution in [0.4, 0.5) is 0 Å². The van der Waals surface area contributed by atoms with Crippen LogP contribution in [-0.4, -0.2) is 32.6 Å². The van der Waals surface area contributed by atoms with Crippen molar-refractivity contribution in [3.05, 3.63) is 107 Å². The summed E-state index contributed by atoms with van der Waals surface area (Å²) in [5, 5.41) is 16.4. The lowest BCUT2D eigenvalue weighted by molar-refractivity contribution is -0.118. The molecule has 1 amide bonds.